The number of hydrogen-bond donors (Lipinski definition) is 0. The monoisotopic (exact) mass is 353 g/mol. The van der Waals surface area contributed by atoms with Gasteiger partial charge >= 0.3 is 29.6 Å². The number of carboxylic acid groups (broad SMARTS) is 1. The normalized spacial score (nSPS) is 20.2. The van der Waals surface area contributed by atoms with Crippen LogP contribution >= 0.6 is 0 Å². The van der Waals surface area contributed by atoms with Gasteiger partial charge in [0, 0.05) is 20.0 Å². The van der Waals surface area contributed by atoms with E-state index in [1.807, 2.05) is 30.3 Å². The van der Waals surface area contributed by atoms with Crippen LogP contribution in [0.15, 0.2) is 30.3 Å². The third kappa shape index (κ3) is 6.42. The van der Waals surface area contributed by atoms with Crippen molar-refractivity contribution in [3.05, 3.63) is 35.9 Å². The maximum Gasteiger partial charge on any atom is 1.00 e. The summed E-state index contributed by atoms with van der Waals surface area (Å²) in [5, 5.41) is 21.3. The van der Waals surface area contributed by atoms with E-state index in [-0.39, 0.29) is 61.2 Å². The Kier molecular flexibility index (Phi) is 9.11. The number of likely N-dealkylation sites (tertiary alicyclic amines) is 1. The van der Waals surface area contributed by atoms with E-state index in [4.69, 9.17) is 10.1 Å². The zero-order chi connectivity index (χ0) is 17.5. The number of nitrogens with zero attached hydrogens (tertiary/aromatic N) is 3. The van der Waals surface area contributed by atoms with Crippen molar-refractivity contribution in [3.8, 4) is 6.07 Å². The second kappa shape index (κ2) is 10.5. The van der Waals surface area contributed by atoms with E-state index in [1.165, 1.54) is 16.9 Å². The van der Waals surface area contributed by atoms with Crippen LogP contribution in [0.25, 0.3) is 0 Å². The number of nitriles is 1. The van der Waals surface area contributed by atoms with Crippen LogP contribution in [0.2, 0.25) is 0 Å². The topological polar surface area (TPSA) is 96.7 Å². The molecule has 1 fully saturated rings. The van der Waals surface area contributed by atoms with E-state index in [0.717, 1.165) is 5.56 Å². The van der Waals surface area contributed by atoms with Gasteiger partial charge in [-0.3, -0.25) is 14.5 Å². The van der Waals surface area contributed by atoms with Crippen molar-refractivity contribution in [3.63, 3.8) is 0 Å². The smallest absolute Gasteiger partial charge is 0.549 e. The van der Waals surface area contributed by atoms with E-state index >= 15 is 0 Å². The van der Waals surface area contributed by atoms with E-state index in [1.54, 1.807) is 0 Å². The van der Waals surface area contributed by atoms with Crippen LogP contribution < -0.4 is 34.7 Å². The number of carbonyl (C=O) groups is 2. The van der Waals surface area contributed by atoms with Crippen molar-refractivity contribution in [1.29, 1.82) is 5.26 Å². The summed E-state index contributed by atoms with van der Waals surface area (Å²) in [6.07, 6.45) is 1.06. The molecular formula is C17H20N3NaO4. The van der Waals surface area contributed by atoms with Gasteiger partial charge in [-0.05, 0) is 18.4 Å². The SMILES string of the molecule is CC(=O)N(OCc1ccccc1)[C@@H]1CC[C@@H](C#N)N(CC(=O)[O-])C1.[Na+]. The van der Waals surface area contributed by atoms with Crippen LogP contribution in [0.3, 0.4) is 0 Å². The van der Waals surface area contributed by atoms with Crippen molar-refractivity contribution in [1.82, 2.24) is 9.96 Å². The van der Waals surface area contributed by atoms with Crippen LogP contribution in [0.5, 0.6) is 0 Å². The molecule has 0 aromatic heterocycles. The molecule has 25 heavy (non-hydrogen) atoms. The summed E-state index contributed by atoms with van der Waals surface area (Å²) in [6, 6.07) is 10.8. The molecule has 0 unspecified atom stereocenters. The van der Waals surface area contributed by atoms with Gasteiger partial charge in [-0.25, -0.2) is 5.06 Å². The van der Waals surface area contributed by atoms with Crippen molar-refractivity contribution in [2.24, 2.45) is 0 Å². The molecule has 1 aromatic carbocycles. The van der Waals surface area contributed by atoms with Gasteiger partial charge in [-0.2, -0.15) is 5.26 Å². The molecular weight excluding hydrogens is 333 g/mol. The van der Waals surface area contributed by atoms with Gasteiger partial charge in [0.15, 0.2) is 0 Å². The maximum atomic E-state index is 11.9. The number of carbonyl (C=O) groups excluding carboxylic acids is 2. The molecule has 1 aliphatic rings. The minimum absolute atomic E-state index is 0. The van der Waals surface area contributed by atoms with Crippen molar-refractivity contribution >= 4 is 11.9 Å². The van der Waals surface area contributed by atoms with Gasteiger partial charge < -0.3 is 9.90 Å². The first-order valence-corrected chi connectivity index (χ1v) is 7.81. The Bertz CT molecular complexity index is 620. The van der Waals surface area contributed by atoms with Crippen molar-refractivity contribution in [2.45, 2.75) is 38.5 Å². The summed E-state index contributed by atoms with van der Waals surface area (Å²) in [4.78, 5) is 30.0. The Morgan fingerprint density at radius 2 is 2.04 bits per heavy atom. The first-order valence-electron chi connectivity index (χ1n) is 7.81. The summed E-state index contributed by atoms with van der Waals surface area (Å²) in [6.45, 7) is 1.59. The van der Waals surface area contributed by atoms with Crippen LogP contribution in [0.1, 0.15) is 25.3 Å². The van der Waals surface area contributed by atoms with E-state index in [2.05, 4.69) is 6.07 Å². The number of aliphatic carboxylic acids is 1. The molecule has 128 valence electrons. The molecule has 0 aliphatic carbocycles. The molecule has 0 spiro atoms. The molecule has 8 heteroatoms. The summed E-state index contributed by atoms with van der Waals surface area (Å²) < 4.78 is 0. The zero-order valence-electron chi connectivity index (χ0n) is 14.6. The van der Waals surface area contributed by atoms with Gasteiger partial charge in [0.05, 0.1) is 24.1 Å². The Morgan fingerprint density at radius 1 is 1.36 bits per heavy atom. The Balaban J connectivity index is 0.00000312. The van der Waals surface area contributed by atoms with Crippen LogP contribution in [-0.2, 0) is 21.0 Å². The fourth-order valence-corrected chi connectivity index (χ4v) is 2.87. The predicted molar refractivity (Wildman–Crippen MR) is 82.8 cm³/mol. The second-order valence-corrected chi connectivity index (χ2v) is 5.78. The molecule has 0 bridgehead atoms. The molecule has 1 aromatic rings. The van der Waals surface area contributed by atoms with Gasteiger partial charge in [0.25, 0.3) is 0 Å². The van der Waals surface area contributed by atoms with E-state index < -0.39 is 12.0 Å². The standard InChI is InChI=1S/C17H21N3O4.Na/c1-13(21)20(24-12-14-5-3-2-4-6-14)16-8-7-15(9-18)19(10-16)11-17(22)23;/h2-6,15-16H,7-8,10-12H2,1H3,(H,22,23);/q;+1/p-1/t15-,16+;/m0./s1. The first-order chi connectivity index (χ1) is 11.5. The molecule has 0 N–H and O–H groups in total. The summed E-state index contributed by atoms with van der Waals surface area (Å²) in [5.74, 6) is -1.49. The number of rotatable bonds is 6. The number of carboxylic acids is 1. The minimum Gasteiger partial charge on any atom is -0.549 e. The molecule has 0 radical (unpaired) electrons. The summed E-state index contributed by atoms with van der Waals surface area (Å²) in [7, 11) is 0. The zero-order valence-corrected chi connectivity index (χ0v) is 16.6. The quantitative estimate of drug-likeness (QED) is 0.401. The molecule has 0 saturated carbocycles. The van der Waals surface area contributed by atoms with Gasteiger partial charge in [-0.15, -0.1) is 0 Å². The molecule has 2 rings (SSSR count). The molecule has 7 nitrogen and oxygen atoms in total. The predicted octanol–water partition coefficient (Wildman–Crippen LogP) is -2.92. The van der Waals surface area contributed by atoms with Crippen LogP contribution in [0.4, 0.5) is 0 Å². The number of amides is 1. The van der Waals surface area contributed by atoms with Gasteiger partial charge in [0.1, 0.15) is 6.61 Å². The van der Waals surface area contributed by atoms with E-state index in [0.29, 0.717) is 12.8 Å². The molecule has 1 amide bonds. The molecule has 1 heterocycles. The van der Waals surface area contributed by atoms with Gasteiger partial charge in [-0.1, -0.05) is 30.3 Å². The molecule has 1 saturated heterocycles. The Morgan fingerprint density at radius 3 is 2.60 bits per heavy atom. The van der Waals surface area contributed by atoms with E-state index in [9.17, 15) is 14.7 Å². The van der Waals surface area contributed by atoms with Gasteiger partial charge in [0.2, 0.25) is 5.91 Å². The largest absolute Gasteiger partial charge is 1.00 e. The third-order valence-corrected chi connectivity index (χ3v) is 4.00. The van der Waals surface area contributed by atoms with Crippen LogP contribution in [0, 0.1) is 11.3 Å². The fourth-order valence-electron chi connectivity index (χ4n) is 2.87. The van der Waals surface area contributed by atoms with Crippen molar-refractivity contribution in [2.75, 3.05) is 13.1 Å². The number of hydrogen-bond acceptors (Lipinski definition) is 6. The third-order valence-electron chi connectivity index (χ3n) is 4.00. The maximum absolute atomic E-state index is 11.9. The average molecular weight is 353 g/mol. The first kappa shape index (κ1) is 21.6. The van der Waals surface area contributed by atoms with Crippen LogP contribution in [-0.4, -0.2) is 47.0 Å². The number of hydroxylamine groups is 2. The fraction of sp³-hybridized carbons (Fsp3) is 0.471. The summed E-state index contributed by atoms with van der Waals surface area (Å²) >= 11 is 0. The number of piperidine rings is 1. The number of benzene rings is 1. The average Bonchev–Trinajstić information content (AvgIpc) is 2.55. The molecule has 2 atom stereocenters. The minimum atomic E-state index is -1.24. The Hall–Kier alpha value is -1.43. The summed E-state index contributed by atoms with van der Waals surface area (Å²) in [5.41, 5.74) is 0.932. The second-order valence-electron chi connectivity index (χ2n) is 5.78. The Labute approximate surface area is 169 Å². The van der Waals surface area contributed by atoms with Crippen molar-refractivity contribution < 1.29 is 49.1 Å². The molecule has 1 aliphatic heterocycles.